The van der Waals surface area contributed by atoms with Crippen molar-refractivity contribution in [2.75, 3.05) is 0 Å². The van der Waals surface area contributed by atoms with Gasteiger partial charge < -0.3 is 4.57 Å². The minimum atomic E-state index is 0.663. The van der Waals surface area contributed by atoms with Crippen LogP contribution in [-0.4, -0.2) is 19.5 Å². The molecule has 0 aliphatic heterocycles. The zero-order valence-electron chi connectivity index (χ0n) is 30.4. The normalized spacial score (nSPS) is 11.9. The van der Waals surface area contributed by atoms with E-state index >= 15 is 0 Å². The fourth-order valence-corrected chi connectivity index (χ4v) is 11.1. The molecule has 0 atom stereocenters. The van der Waals surface area contributed by atoms with Gasteiger partial charge in [0.2, 0.25) is 0 Å². The van der Waals surface area contributed by atoms with E-state index in [1.165, 1.54) is 79.0 Å². The Morgan fingerprint density at radius 2 is 0.807 bits per heavy atom. The highest BCUT2D eigenvalue weighted by atomic mass is 32.1. The average molecular weight is 763 g/mol. The molecular weight excluding hydrogens is 733 g/mol. The van der Waals surface area contributed by atoms with Crippen LogP contribution < -0.4 is 0 Å². The first-order valence-corrected chi connectivity index (χ1v) is 20.7. The van der Waals surface area contributed by atoms with Crippen LogP contribution in [-0.2, 0) is 0 Å². The SMILES string of the molecule is c1ccc(-c2nc(-c3ccccc3)nc(-c3ccc4c(c3)sc3c(-c5cccc6c5sc5c(-n7c8ccccc8c8ccccc87)cccc56)cccc34)n2)cc1. The minimum Gasteiger partial charge on any atom is -0.308 e. The molecule has 0 radical (unpaired) electrons. The zero-order chi connectivity index (χ0) is 37.5. The maximum Gasteiger partial charge on any atom is 0.164 e. The third kappa shape index (κ3) is 5.08. The Morgan fingerprint density at radius 3 is 1.42 bits per heavy atom. The summed E-state index contributed by atoms with van der Waals surface area (Å²) in [5.41, 5.74) is 9.07. The van der Waals surface area contributed by atoms with Crippen molar-refractivity contribution in [2.45, 2.75) is 0 Å². The van der Waals surface area contributed by atoms with Crippen molar-refractivity contribution in [2.24, 2.45) is 0 Å². The minimum absolute atomic E-state index is 0.663. The molecule has 0 fully saturated rings. The predicted molar refractivity (Wildman–Crippen MR) is 242 cm³/mol. The maximum atomic E-state index is 5.02. The van der Waals surface area contributed by atoms with E-state index in [2.05, 4.69) is 126 Å². The molecule has 0 spiro atoms. The van der Waals surface area contributed by atoms with Crippen molar-refractivity contribution in [1.82, 2.24) is 19.5 Å². The Hall–Kier alpha value is -6.99. The molecule has 0 bridgehead atoms. The standard InChI is InChI=1S/C51H30N4S2/c1-3-14-31(15-4-1)49-52-50(32-16-5-2-6-17-32)54-51(53-49)33-28-29-36-37-20-11-21-38(46(37)56-45(36)30-33)39-22-12-23-40-41-24-13-27-44(48(41)57-47(39)40)55-42-25-9-7-18-34(42)35-19-8-10-26-43(35)55/h1-30H. The van der Waals surface area contributed by atoms with E-state index in [1.807, 2.05) is 83.3 Å². The summed E-state index contributed by atoms with van der Waals surface area (Å²) in [7, 11) is 0. The largest absolute Gasteiger partial charge is 0.308 e. The lowest BCUT2D eigenvalue weighted by atomic mass is 10.00. The van der Waals surface area contributed by atoms with E-state index < -0.39 is 0 Å². The van der Waals surface area contributed by atoms with Crippen molar-refractivity contribution < 1.29 is 0 Å². The molecule has 0 saturated heterocycles. The van der Waals surface area contributed by atoms with Crippen molar-refractivity contribution in [1.29, 1.82) is 0 Å². The molecular formula is C51H30N4S2. The maximum absolute atomic E-state index is 5.02. The second-order valence-electron chi connectivity index (χ2n) is 14.3. The van der Waals surface area contributed by atoms with Crippen LogP contribution in [0.2, 0.25) is 0 Å². The van der Waals surface area contributed by atoms with Gasteiger partial charge in [0.1, 0.15) is 0 Å². The summed E-state index contributed by atoms with van der Waals surface area (Å²) < 4.78 is 7.53. The predicted octanol–water partition coefficient (Wildman–Crippen LogP) is 14.4. The summed E-state index contributed by atoms with van der Waals surface area (Å²) in [5, 5.41) is 7.61. The number of para-hydroxylation sites is 2. The van der Waals surface area contributed by atoms with Crippen LogP contribution in [0.5, 0.6) is 0 Å². The zero-order valence-corrected chi connectivity index (χ0v) is 32.1. The van der Waals surface area contributed by atoms with Gasteiger partial charge in [0.15, 0.2) is 17.5 Å². The second kappa shape index (κ2) is 12.8. The molecule has 6 heteroatoms. The van der Waals surface area contributed by atoms with Gasteiger partial charge in [-0.05, 0) is 24.3 Å². The van der Waals surface area contributed by atoms with E-state index in [1.54, 1.807) is 0 Å². The second-order valence-corrected chi connectivity index (χ2v) is 16.4. The number of benzene rings is 8. The molecule has 0 N–H and O–H groups in total. The van der Waals surface area contributed by atoms with E-state index in [0.717, 1.165) is 16.7 Å². The Bertz CT molecular complexity index is 3410. The average Bonchev–Trinajstić information content (AvgIpc) is 3.96. The molecule has 266 valence electrons. The number of rotatable bonds is 5. The van der Waals surface area contributed by atoms with Crippen molar-refractivity contribution in [3.63, 3.8) is 0 Å². The third-order valence-electron chi connectivity index (χ3n) is 11.1. The molecule has 12 aromatic rings. The molecule has 0 amide bonds. The Kier molecular flexibility index (Phi) is 7.24. The number of aromatic nitrogens is 4. The summed E-state index contributed by atoms with van der Waals surface area (Å²) in [5.74, 6) is 1.99. The van der Waals surface area contributed by atoms with Gasteiger partial charge in [0, 0.05) is 74.2 Å². The van der Waals surface area contributed by atoms with Gasteiger partial charge in [-0.15, -0.1) is 22.7 Å². The van der Waals surface area contributed by atoms with Crippen molar-refractivity contribution >= 4 is 84.8 Å². The molecule has 57 heavy (non-hydrogen) atoms. The Labute approximate surface area is 335 Å². The number of nitrogens with zero attached hydrogens (tertiary/aromatic N) is 4. The topological polar surface area (TPSA) is 43.6 Å². The Balaban J connectivity index is 1.03. The first kappa shape index (κ1) is 32.3. The molecule has 0 unspecified atom stereocenters. The molecule has 4 heterocycles. The summed E-state index contributed by atoms with van der Waals surface area (Å²) >= 11 is 3.74. The molecule has 8 aromatic carbocycles. The van der Waals surface area contributed by atoms with Crippen LogP contribution in [0.3, 0.4) is 0 Å². The highest BCUT2D eigenvalue weighted by molar-refractivity contribution is 7.27. The fraction of sp³-hybridized carbons (Fsp3) is 0. The van der Waals surface area contributed by atoms with E-state index in [9.17, 15) is 0 Å². The molecule has 0 aliphatic carbocycles. The molecule has 0 saturated carbocycles. The van der Waals surface area contributed by atoms with E-state index in [4.69, 9.17) is 15.0 Å². The number of thiophene rings is 2. The first-order chi connectivity index (χ1) is 28.3. The number of hydrogen-bond donors (Lipinski definition) is 0. The molecule has 12 rings (SSSR count). The van der Waals surface area contributed by atoms with Gasteiger partial charge in [-0.3, -0.25) is 0 Å². The van der Waals surface area contributed by atoms with Crippen LogP contribution in [0.1, 0.15) is 0 Å². The van der Waals surface area contributed by atoms with E-state index in [-0.39, 0.29) is 0 Å². The number of hydrogen-bond acceptors (Lipinski definition) is 5. The molecule has 4 aromatic heterocycles. The van der Waals surface area contributed by atoms with Crippen LogP contribution in [0.15, 0.2) is 182 Å². The van der Waals surface area contributed by atoms with Crippen LogP contribution in [0, 0.1) is 0 Å². The summed E-state index contributed by atoms with van der Waals surface area (Å²) in [6.45, 7) is 0. The highest BCUT2D eigenvalue weighted by Gasteiger charge is 2.20. The lowest BCUT2D eigenvalue weighted by Crippen LogP contribution is -1.99. The lowest BCUT2D eigenvalue weighted by molar-refractivity contribution is 1.07. The van der Waals surface area contributed by atoms with Crippen LogP contribution >= 0.6 is 22.7 Å². The molecule has 0 aliphatic rings. The quantitative estimate of drug-likeness (QED) is 0.175. The van der Waals surface area contributed by atoms with Gasteiger partial charge >= 0.3 is 0 Å². The fourth-order valence-electron chi connectivity index (χ4n) is 8.46. The van der Waals surface area contributed by atoms with E-state index in [0.29, 0.717) is 17.5 Å². The highest BCUT2D eigenvalue weighted by Crippen LogP contribution is 2.47. The summed E-state index contributed by atoms with van der Waals surface area (Å²) in [6.07, 6.45) is 0. The smallest absolute Gasteiger partial charge is 0.164 e. The molecule has 4 nitrogen and oxygen atoms in total. The van der Waals surface area contributed by atoms with Crippen LogP contribution in [0.4, 0.5) is 0 Å². The number of fused-ring (bicyclic) bond motifs is 9. The third-order valence-corrected chi connectivity index (χ3v) is 13.5. The van der Waals surface area contributed by atoms with Gasteiger partial charge in [-0.2, -0.15) is 0 Å². The monoisotopic (exact) mass is 762 g/mol. The van der Waals surface area contributed by atoms with Crippen molar-refractivity contribution in [3.8, 4) is 51.0 Å². The lowest BCUT2D eigenvalue weighted by Gasteiger charge is -2.09. The van der Waals surface area contributed by atoms with Gasteiger partial charge in [-0.1, -0.05) is 158 Å². The van der Waals surface area contributed by atoms with Gasteiger partial charge in [0.05, 0.1) is 21.4 Å². The summed E-state index contributed by atoms with van der Waals surface area (Å²) in [4.78, 5) is 15.0. The Morgan fingerprint density at radius 1 is 0.333 bits per heavy atom. The van der Waals surface area contributed by atoms with Gasteiger partial charge in [-0.25, -0.2) is 15.0 Å². The first-order valence-electron chi connectivity index (χ1n) is 19.0. The van der Waals surface area contributed by atoms with Crippen LogP contribution in [0.25, 0.3) is 113 Å². The van der Waals surface area contributed by atoms with Crippen molar-refractivity contribution in [3.05, 3.63) is 182 Å². The van der Waals surface area contributed by atoms with Gasteiger partial charge in [0.25, 0.3) is 0 Å². The summed E-state index contributed by atoms with van der Waals surface area (Å²) in [6, 6.07) is 64.8.